The van der Waals surface area contributed by atoms with E-state index >= 15 is 0 Å². The molecule has 3 rings (SSSR count). The van der Waals surface area contributed by atoms with E-state index in [0.717, 1.165) is 36.0 Å². The van der Waals surface area contributed by atoms with Crippen molar-refractivity contribution in [2.45, 2.75) is 44.1 Å². The van der Waals surface area contributed by atoms with Crippen molar-refractivity contribution < 1.29 is 9.50 Å². The van der Waals surface area contributed by atoms with Gasteiger partial charge in [0.1, 0.15) is 5.82 Å². The highest BCUT2D eigenvalue weighted by molar-refractivity contribution is 5.37. The third-order valence-electron chi connectivity index (χ3n) is 4.75. The first-order chi connectivity index (χ1) is 10.1. The highest BCUT2D eigenvalue weighted by Gasteiger charge is 2.42. The molecule has 0 aliphatic heterocycles. The van der Waals surface area contributed by atoms with Crippen molar-refractivity contribution in [1.29, 1.82) is 0 Å². The van der Waals surface area contributed by atoms with E-state index in [2.05, 4.69) is 12.1 Å². The molecule has 1 saturated carbocycles. The van der Waals surface area contributed by atoms with Gasteiger partial charge < -0.3 is 5.11 Å². The van der Waals surface area contributed by atoms with E-state index in [1.807, 2.05) is 25.1 Å². The zero-order chi connectivity index (χ0) is 14.9. The summed E-state index contributed by atoms with van der Waals surface area (Å²) in [6, 6.07) is 14.9. The number of hydrogen-bond acceptors (Lipinski definition) is 1. The molecule has 0 spiro atoms. The minimum Gasteiger partial charge on any atom is -0.385 e. The number of halogens is 1. The van der Waals surface area contributed by atoms with Crippen LogP contribution in [0.1, 0.15) is 48.3 Å². The SMILES string of the molecule is Cc1ccc(F)cc1C1(O)CCCCC1c1ccccc1. The monoisotopic (exact) mass is 284 g/mol. The Hall–Kier alpha value is -1.67. The third-order valence-corrected chi connectivity index (χ3v) is 4.75. The van der Waals surface area contributed by atoms with Crippen LogP contribution in [0.3, 0.4) is 0 Å². The van der Waals surface area contributed by atoms with Gasteiger partial charge in [0.25, 0.3) is 0 Å². The molecule has 2 unspecified atom stereocenters. The zero-order valence-electron chi connectivity index (χ0n) is 12.3. The maximum atomic E-state index is 13.7. The molecule has 1 nitrogen and oxygen atoms in total. The van der Waals surface area contributed by atoms with Crippen molar-refractivity contribution in [3.8, 4) is 0 Å². The van der Waals surface area contributed by atoms with Gasteiger partial charge in [-0.05, 0) is 48.6 Å². The van der Waals surface area contributed by atoms with Gasteiger partial charge in [-0.15, -0.1) is 0 Å². The van der Waals surface area contributed by atoms with Gasteiger partial charge in [0, 0.05) is 5.92 Å². The number of rotatable bonds is 2. The van der Waals surface area contributed by atoms with Gasteiger partial charge >= 0.3 is 0 Å². The maximum Gasteiger partial charge on any atom is 0.123 e. The minimum absolute atomic E-state index is 0.0351. The molecule has 1 aliphatic carbocycles. The molecule has 1 N–H and O–H groups in total. The van der Waals surface area contributed by atoms with Crippen LogP contribution in [-0.2, 0) is 5.60 Å². The van der Waals surface area contributed by atoms with Gasteiger partial charge in [-0.3, -0.25) is 0 Å². The minimum atomic E-state index is -0.966. The van der Waals surface area contributed by atoms with Gasteiger partial charge in [0.15, 0.2) is 0 Å². The lowest BCUT2D eigenvalue weighted by molar-refractivity contribution is -0.0232. The highest BCUT2D eigenvalue weighted by Crippen LogP contribution is 2.48. The van der Waals surface area contributed by atoms with E-state index < -0.39 is 5.60 Å². The first kappa shape index (κ1) is 14.3. The molecule has 2 atom stereocenters. The lowest BCUT2D eigenvalue weighted by Crippen LogP contribution is -2.37. The van der Waals surface area contributed by atoms with Crippen LogP contribution >= 0.6 is 0 Å². The Balaban J connectivity index is 2.09. The average molecular weight is 284 g/mol. The molecule has 0 heterocycles. The van der Waals surface area contributed by atoms with Crippen LogP contribution in [0, 0.1) is 12.7 Å². The summed E-state index contributed by atoms with van der Waals surface area (Å²) >= 11 is 0. The van der Waals surface area contributed by atoms with E-state index in [-0.39, 0.29) is 11.7 Å². The molecule has 1 fully saturated rings. The molecule has 2 heteroatoms. The van der Waals surface area contributed by atoms with E-state index in [9.17, 15) is 9.50 Å². The number of hydrogen-bond donors (Lipinski definition) is 1. The first-order valence-corrected chi connectivity index (χ1v) is 7.65. The van der Waals surface area contributed by atoms with E-state index in [4.69, 9.17) is 0 Å². The summed E-state index contributed by atoms with van der Waals surface area (Å²) in [6.45, 7) is 1.95. The predicted octanol–water partition coefficient (Wildman–Crippen LogP) is 4.68. The molecule has 21 heavy (non-hydrogen) atoms. The van der Waals surface area contributed by atoms with Gasteiger partial charge in [-0.1, -0.05) is 49.2 Å². The molecule has 0 amide bonds. The predicted molar refractivity (Wildman–Crippen MR) is 82.7 cm³/mol. The van der Waals surface area contributed by atoms with Crippen molar-refractivity contribution in [2.24, 2.45) is 0 Å². The second-order valence-electron chi connectivity index (χ2n) is 6.09. The topological polar surface area (TPSA) is 20.2 Å². The summed E-state index contributed by atoms with van der Waals surface area (Å²) in [4.78, 5) is 0. The van der Waals surface area contributed by atoms with Crippen molar-refractivity contribution >= 4 is 0 Å². The van der Waals surface area contributed by atoms with E-state index in [0.29, 0.717) is 6.42 Å². The lowest BCUT2D eigenvalue weighted by atomic mass is 9.68. The van der Waals surface area contributed by atoms with Crippen LogP contribution in [0.5, 0.6) is 0 Å². The Morgan fingerprint density at radius 2 is 1.86 bits per heavy atom. The summed E-state index contributed by atoms with van der Waals surface area (Å²) in [5, 5.41) is 11.4. The van der Waals surface area contributed by atoms with Crippen LogP contribution in [0.2, 0.25) is 0 Å². The summed E-state index contributed by atoms with van der Waals surface area (Å²) in [5.74, 6) is -0.241. The van der Waals surface area contributed by atoms with Crippen LogP contribution in [0.15, 0.2) is 48.5 Å². The summed E-state index contributed by atoms with van der Waals surface area (Å²) in [6.07, 6.45) is 3.72. The fourth-order valence-corrected chi connectivity index (χ4v) is 3.67. The van der Waals surface area contributed by atoms with Gasteiger partial charge in [-0.2, -0.15) is 0 Å². The van der Waals surface area contributed by atoms with Crippen molar-refractivity contribution in [3.05, 3.63) is 71.0 Å². The number of benzene rings is 2. The largest absolute Gasteiger partial charge is 0.385 e. The fourth-order valence-electron chi connectivity index (χ4n) is 3.67. The second-order valence-corrected chi connectivity index (χ2v) is 6.09. The van der Waals surface area contributed by atoms with E-state index in [1.165, 1.54) is 12.1 Å². The molecule has 0 bridgehead atoms. The summed E-state index contributed by atoms with van der Waals surface area (Å²) < 4.78 is 13.7. The highest BCUT2D eigenvalue weighted by atomic mass is 19.1. The van der Waals surface area contributed by atoms with Crippen LogP contribution in [-0.4, -0.2) is 5.11 Å². The molecule has 0 aromatic heterocycles. The molecule has 0 radical (unpaired) electrons. The fraction of sp³-hybridized carbons (Fsp3) is 0.368. The third kappa shape index (κ3) is 2.60. The number of aryl methyl sites for hydroxylation is 1. The van der Waals surface area contributed by atoms with E-state index in [1.54, 1.807) is 6.07 Å². The molecular formula is C19H21FO. The first-order valence-electron chi connectivity index (χ1n) is 7.65. The van der Waals surface area contributed by atoms with Gasteiger partial charge in [-0.25, -0.2) is 4.39 Å². The Morgan fingerprint density at radius 1 is 1.10 bits per heavy atom. The van der Waals surface area contributed by atoms with Crippen LogP contribution in [0.25, 0.3) is 0 Å². The normalized spacial score (nSPS) is 25.8. The molecule has 1 aliphatic rings. The van der Waals surface area contributed by atoms with Gasteiger partial charge in [0.2, 0.25) is 0 Å². The Kier molecular flexibility index (Phi) is 3.81. The quantitative estimate of drug-likeness (QED) is 0.849. The standard InChI is InChI=1S/C19H21FO/c1-14-10-11-16(20)13-18(14)19(21)12-6-5-9-17(19)15-7-3-2-4-8-15/h2-4,7-8,10-11,13,17,21H,5-6,9,12H2,1H3. The molecule has 2 aromatic rings. The Labute approximate surface area is 125 Å². The molecule has 110 valence electrons. The van der Waals surface area contributed by atoms with Crippen molar-refractivity contribution in [3.63, 3.8) is 0 Å². The maximum absolute atomic E-state index is 13.7. The average Bonchev–Trinajstić information content (AvgIpc) is 2.51. The smallest absolute Gasteiger partial charge is 0.123 e. The molecule has 2 aromatic carbocycles. The number of aliphatic hydroxyl groups is 1. The Bertz CT molecular complexity index is 623. The molecule has 0 saturated heterocycles. The van der Waals surface area contributed by atoms with Crippen molar-refractivity contribution in [1.82, 2.24) is 0 Å². The molecular weight excluding hydrogens is 263 g/mol. The Morgan fingerprint density at radius 3 is 2.62 bits per heavy atom. The van der Waals surface area contributed by atoms with Crippen LogP contribution in [0.4, 0.5) is 4.39 Å². The second kappa shape index (κ2) is 5.61. The summed E-state index contributed by atoms with van der Waals surface area (Å²) in [5.41, 5.74) is 1.88. The lowest BCUT2D eigenvalue weighted by Gasteiger charge is -2.41. The van der Waals surface area contributed by atoms with Crippen LogP contribution < -0.4 is 0 Å². The zero-order valence-corrected chi connectivity index (χ0v) is 12.3. The van der Waals surface area contributed by atoms with Gasteiger partial charge in [0.05, 0.1) is 5.60 Å². The van der Waals surface area contributed by atoms with Crippen molar-refractivity contribution in [2.75, 3.05) is 0 Å². The summed E-state index contributed by atoms with van der Waals surface area (Å²) in [7, 11) is 0.